The van der Waals surface area contributed by atoms with E-state index in [4.69, 9.17) is 17.3 Å². The number of hydrogen-bond donors (Lipinski definition) is 2. The second-order valence-corrected chi connectivity index (χ2v) is 5.69. The summed E-state index contributed by atoms with van der Waals surface area (Å²) < 4.78 is 0. The van der Waals surface area contributed by atoms with Crippen LogP contribution in [-0.4, -0.2) is 22.2 Å². The molecule has 0 saturated heterocycles. The van der Waals surface area contributed by atoms with E-state index >= 15 is 0 Å². The second-order valence-electron chi connectivity index (χ2n) is 4.06. The first kappa shape index (κ1) is 13.9. The van der Waals surface area contributed by atoms with Crippen molar-refractivity contribution in [2.24, 2.45) is 10.7 Å². The first-order valence-electron chi connectivity index (χ1n) is 5.57. The molecule has 1 aliphatic heterocycles. The van der Waals surface area contributed by atoms with Crippen LogP contribution in [0.5, 0.6) is 0 Å². The van der Waals surface area contributed by atoms with Crippen molar-refractivity contribution in [3.05, 3.63) is 28.8 Å². The van der Waals surface area contributed by atoms with Gasteiger partial charge in [-0.25, -0.2) is 0 Å². The zero-order valence-corrected chi connectivity index (χ0v) is 11.7. The van der Waals surface area contributed by atoms with E-state index in [2.05, 4.69) is 10.3 Å². The molecule has 5 nitrogen and oxygen atoms in total. The van der Waals surface area contributed by atoms with Gasteiger partial charge < -0.3 is 11.1 Å². The van der Waals surface area contributed by atoms with Crippen LogP contribution in [0.1, 0.15) is 12.0 Å². The molecule has 0 unspecified atom stereocenters. The van der Waals surface area contributed by atoms with Crippen LogP contribution in [0.2, 0.25) is 5.02 Å². The normalized spacial score (nSPS) is 18.9. The first-order chi connectivity index (χ1) is 8.97. The van der Waals surface area contributed by atoms with Crippen molar-refractivity contribution in [1.29, 1.82) is 0 Å². The fraction of sp³-hybridized carbons (Fsp3) is 0.250. The molecule has 0 bridgehead atoms. The van der Waals surface area contributed by atoms with Crippen molar-refractivity contribution >= 4 is 46.0 Å². The van der Waals surface area contributed by atoms with Crippen LogP contribution in [0.4, 0.5) is 5.69 Å². The third kappa shape index (κ3) is 3.27. The van der Waals surface area contributed by atoms with E-state index in [1.807, 2.05) is 6.92 Å². The van der Waals surface area contributed by atoms with E-state index in [0.717, 1.165) is 17.3 Å². The Bertz CT molecular complexity index is 574. The van der Waals surface area contributed by atoms with E-state index in [0.29, 0.717) is 10.7 Å². The van der Waals surface area contributed by atoms with E-state index in [9.17, 15) is 9.59 Å². The van der Waals surface area contributed by atoms with Crippen LogP contribution in [-0.2, 0) is 9.59 Å². The number of carbonyl (C=O) groups excluding carboxylic acids is 2. The van der Waals surface area contributed by atoms with Crippen LogP contribution in [0.15, 0.2) is 23.2 Å². The number of halogens is 1. The molecule has 3 N–H and O–H groups in total. The molecule has 0 aromatic heterocycles. The van der Waals surface area contributed by atoms with Gasteiger partial charge in [-0.05, 0) is 24.6 Å². The maximum absolute atomic E-state index is 12.1. The minimum Gasteiger partial charge on any atom is -0.378 e. The van der Waals surface area contributed by atoms with Crippen LogP contribution < -0.4 is 11.1 Å². The molecule has 1 atom stereocenters. The van der Waals surface area contributed by atoms with Crippen molar-refractivity contribution in [3.8, 4) is 0 Å². The fourth-order valence-electron chi connectivity index (χ4n) is 1.64. The lowest BCUT2D eigenvalue weighted by molar-refractivity contribution is -0.121. The largest absolute Gasteiger partial charge is 0.378 e. The van der Waals surface area contributed by atoms with Gasteiger partial charge in [0.1, 0.15) is 5.25 Å². The molecule has 1 aliphatic rings. The number of rotatable bonds is 2. The van der Waals surface area contributed by atoms with Crippen molar-refractivity contribution in [1.82, 2.24) is 0 Å². The zero-order valence-electron chi connectivity index (χ0n) is 10.1. The molecule has 0 saturated carbocycles. The van der Waals surface area contributed by atoms with Gasteiger partial charge in [-0.3, -0.25) is 9.59 Å². The third-order valence-electron chi connectivity index (χ3n) is 2.68. The maximum atomic E-state index is 12.1. The summed E-state index contributed by atoms with van der Waals surface area (Å²) in [4.78, 5) is 26.9. The molecule has 0 radical (unpaired) electrons. The SMILES string of the molecule is Cc1c(Cl)cccc1NC(=O)[C@@H]1CC(=O)N=C(N)S1. The Kier molecular flexibility index (Phi) is 4.11. The van der Waals surface area contributed by atoms with Gasteiger partial charge in [0.25, 0.3) is 0 Å². The number of nitrogens with zero attached hydrogens (tertiary/aromatic N) is 1. The second kappa shape index (κ2) is 5.63. The van der Waals surface area contributed by atoms with Gasteiger partial charge in [-0.15, -0.1) is 0 Å². The topological polar surface area (TPSA) is 84.5 Å². The quantitative estimate of drug-likeness (QED) is 0.873. The molecule has 0 aliphatic carbocycles. The number of nitrogens with one attached hydrogen (secondary N) is 1. The number of hydrogen-bond acceptors (Lipinski definition) is 4. The van der Waals surface area contributed by atoms with Crippen molar-refractivity contribution < 1.29 is 9.59 Å². The Labute approximate surface area is 119 Å². The Morgan fingerprint density at radius 3 is 3.00 bits per heavy atom. The van der Waals surface area contributed by atoms with E-state index in [-0.39, 0.29) is 23.4 Å². The smallest absolute Gasteiger partial charge is 0.249 e. The number of aliphatic imine (C=N–C) groups is 1. The van der Waals surface area contributed by atoms with Crippen LogP contribution in [0.3, 0.4) is 0 Å². The number of nitrogens with two attached hydrogens (primary N) is 1. The molecule has 1 heterocycles. The molecule has 2 amide bonds. The van der Waals surface area contributed by atoms with Crippen molar-refractivity contribution in [3.63, 3.8) is 0 Å². The summed E-state index contributed by atoms with van der Waals surface area (Å²) in [7, 11) is 0. The van der Waals surface area contributed by atoms with Gasteiger partial charge in [0.15, 0.2) is 5.17 Å². The lowest BCUT2D eigenvalue weighted by atomic mass is 10.2. The number of amidine groups is 1. The van der Waals surface area contributed by atoms with Crippen molar-refractivity contribution in [2.75, 3.05) is 5.32 Å². The van der Waals surface area contributed by atoms with Gasteiger partial charge in [0.05, 0.1) is 6.42 Å². The van der Waals surface area contributed by atoms with E-state index < -0.39 is 5.25 Å². The zero-order chi connectivity index (χ0) is 14.0. The highest BCUT2D eigenvalue weighted by Crippen LogP contribution is 2.26. The number of thioether (sulfide) groups is 1. The predicted octanol–water partition coefficient (Wildman–Crippen LogP) is 1.93. The first-order valence-corrected chi connectivity index (χ1v) is 6.83. The van der Waals surface area contributed by atoms with Gasteiger partial charge >= 0.3 is 0 Å². The molecule has 1 aromatic carbocycles. The number of amides is 2. The summed E-state index contributed by atoms with van der Waals surface area (Å²) in [6, 6.07) is 5.25. The summed E-state index contributed by atoms with van der Waals surface area (Å²) in [6.07, 6.45) is 0.0524. The number of benzene rings is 1. The summed E-state index contributed by atoms with van der Waals surface area (Å²) in [5.41, 5.74) is 6.91. The predicted molar refractivity (Wildman–Crippen MR) is 77.4 cm³/mol. The lowest BCUT2D eigenvalue weighted by Crippen LogP contribution is -2.33. The number of carbonyl (C=O) groups is 2. The monoisotopic (exact) mass is 297 g/mol. The Hall–Kier alpha value is -1.53. The molecule has 2 rings (SSSR count). The standard InChI is InChI=1S/C12H12ClN3O2S/c1-6-7(13)3-2-4-8(6)15-11(18)9-5-10(17)16-12(14)19-9/h2-4,9H,5H2,1H3,(H,15,18)(H2,14,16,17)/t9-/m0/s1. The molecule has 0 fully saturated rings. The van der Waals surface area contributed by atoms with Gasteiger partial charge in [-0.1, -0.05) is 29.4 Å². The van der Waals surface area contributed by atoms with E-state index in [1.165, 1.54) is 0 Å². The summed E-state index contributed by atoms with van der Waals surface area (Å²) in [5, 5.41) is 2.90. The highest BCUT2D eigenvalue weighted by Gasteiger charge is 2.28. The van der Waals surface area contributed by atoms with Crippen molar-refractivity contribution in [2.45, 2.75) is 18.6 Å². The van der Waals surface area contributed by atoms with Crippen LogP contribution >= 0.6 is 23.4 Å². The molecule has 7 heteroatoms. The Morgan fingerprint density at radius 2 is 2.32 bits per heavy atom. The molecule has 100 valence electrons. The summed E-state index contributed by atoms with van der Waals surface area (Å²) in [5.74, 6) is -0.652. The fourth-order valence-corrected chi connectivity index (χ4v) is 2.66. The average Bonchev–Trinajstić information content (AvgIpc) is 2.33. The van der Waals surface area contributed by atoms with E-state index in [1.54, 1.807) is 18.2 Å². The molecular formula is C12H12ClN3O2S. The Balaban J connectivity index is 2.12. The van der Waals surface area contributed by atoms with Gasteiger partial charge in [0.2, 0.25) is 11.8 Å². The summed E-state index contributed by atoms with van der Waals surface area (Å²) in [6.45, 7) is 1.81. The van der Waals surface area contributed by atoms with Gasteiger partial charge in [0, 0.05) is 10.7 Å². The Morgan fingerprint density at radius 1 is 1.58 bits per heavy atom. The average molecular weight is 298 g/mol. The molecule has 1 aromatic rings. The highest BCUT2D eigenvalue weighted by atomic mass is 35.5. The maximum Gasteiger partial charge on any atom is 0.249 e. The number of anilines is 1. The lowest BCUT2D eigenvalue weighted by Gasteiger charge is -2.18. The van der Waals surface area contributed by atoms with Crippen LogP contribution in [0, 0.1) is 6.92 Å². The molecule has 19 heavy (non-hydrogen) atoms. The molecular weight excluding hydrogens is 286 g/mol. The van der Waals surface area contributed by atoms with Crippen LogP contribution in [0.25, 0.3) is 0 Å². The highest BCUT2D eigenvalue weighted by molar-refractivity contribution is 8.15. The minimum absolute atomic E-state index is 0.0524. The third-order valence-corrected chi connectivity index (χ3v) is 4.08. The minimum atomic E-state index is -0.552. The molecule has 0 spiro atoms. The summed E-state index contributed by atoms with van der Waals surface area (Å²) >= 11 is 7.07. The van der Waals surface area contributed by atoms with Gasteiger partial charge in [-0.2, -0.15) is 4.99 Å².